The predicted molar refractivity (Wildman–Crippen MR) is 81.1 cm³/mol. The molecule has 0 aliphatic rings. The molecule has 0 saturated carbocycles. The minimum atomic E-state index is 0.404. The molecule has 20 heavy (non-hydrogen) atoms. The highest BCUT2D eigenvalue weighted by atomic mass is 16.5. The van der Waals surface area contributed by atoms with Gasteiger partial charge in [-0.15, -0.1) is 0 Å². The maximum atomic E-state index is 5.54. The average molecular weight is 282 g/mol. The summed E-state index contributed by atoms with van der Waals surface area (Å²) < 4.78 is 10.6. The molecule has 6 nitrogen and oxygen atoms in total. The fraction of sp³-hybridized carbons (Fsp3) is 0.714. The summed E-state index contributed by atoms with van der Waals surface area (Å²) in [4.78, 5) is 8.70. The van der Waals surface area contributed by atoms with Crippen molar-refractivity contribution in [3.05, 3.63) is 11.9 Å². The fourth-order valence-corrected chi connectivity index (χ4v) is 1.62. The number of anilines is 2. The lowest BCUT2D eigenvalue weighted by atomic mass is 10.2. The lowest BCUT2D eigenvalue weighted by Gasteiger charge is -2.10. The third-order valence-corrected chi connectivity index (χ3v) is 2.52. The molecule has 0 aromatic carbocycles. The van der Waals surface area contributed by atoms with E-state index in [-0.39, 0.29) is 0 Å². The molecule has 0 bridgehead atoms. The average Bonchev–Trinajstić information content (AvgIpc) is 2.42. The van der Waals surface area contributed by atoms with E-state index < -0.39 is 0 Å². The SMILES string of the molecule is CNc1cc(NCCCOCC(C)C)nc(COC)n1. The summed E-state index contributed by atoms with van der Waals surface area (Å²) in [6.45, 7) is 7.10. The van der Waals surface area contributed by atoms with Crippen molar-refractivity contribution in [2.75, 3.05) is 44.5 Å². The van der Waals surface area contributed by atoms with Crippen molar-refractivity contribution in [3.63, 3.8) is 0 Å². The zero-order valence-corrected chi connectivity index (χ0v) is 12.9. The van der Waals surface area contributed by atoms with Crippen LogP contribution in [-0.2, 0) is 16.1 Å². The van der Waals surface area contributed by atoms with E-state index in [2.05, 4.69) is 34.4 Å². The Balaban J connectivity index is 2.36. The van der Waals surface area contributed by atoms with E-state index in [0.717, 1.165) is 37.8 Å². The van der Waals surface area contributed by atoms with E-state index in [1.165, 1.54) is 0 Å². The predicted octanol–water partition coefficient (Wildman–Crippen LogP) is 2.14. The smallest absolute Gasteiger partial charge is 0.158 e. The largest absolute Gasteiger partial charge is 0.381 e. The normalized spacial score (nSPS) is 10.8. The van der Waals surface area contributed by atoms with Crippen LogP contribution in [0.4, 0.5) is 11.6 Å². The van der Waals surface area contributed by atoms with Crippen LogP contribution >= 0.6 is 0 Å². The van der Waals surface area contributed by atoms with Gasteiger partial charge in [0.15, 0.2) is 5.82 Å². The zero-order chi connectivity index (χ0) is 14.8. The minimum Gasteiger partial charge on any atom is -0.381 e. The summed E-state index contributed by atoms with van der Waals surface area (Å²) in [5, 5.41) is 6.30. The minimum absolute atomic E-state index is 0.404. The molecule has 0 aliphatic heterocycles. The van der Waals surface area contributed by atoms with Gasteiger partial charge in [-0.1, -0.05) is 13.8 Å². The summed E-state index contributed by atoms with van der Waals surface area (Å²) in [5.41, 5.74) is 0. The number of hydrogen-bond acceptors (Lipinski definition) is 6. The topological polar surface area (TPSA) is 68.3 Å². The molecule has 2 N–H and O–H groups in total. The Bertz CT molecular complexity index is 385. The lowest BCUT2D eigenvalue weighted by Crippen LogP contribution is -2.11. The van der Waals surface area contributed by atoms with Gasteiger partial charge in [-0.05, 0) is 12.3 Å². The Kier molecular flexibility index (Phi) is 7.91. The van der Waals surface area contributed by atoms with Gasteiger partial charge in [-0.25, -0.2) is 9.97 Å². The van der Waals surface area contributed by atoms with Gasteiger partial charge in [0.2, 0.25) is 0 Å². The van der Waals surface area contributed by atoms with Gasteiger partial charge in [-0.2, -0.15) is 0 Å². The second kappa shape index (κ2) is 9.50. The summed E-state index contributed by atoms with van der Waals surface area (Å²) in [7, 11) is 3.47. The van der Waals surface area contributed by atoms with Gasteiger partial charge < -0.3 is 20.1 Å². The number of methoxy groups -OCH3 is 1. The molecule has 0 saturated heterocycles. The van der Waals surface area contributed by atoms with Crippen LogP contribution in [0.25, 0.3) is 0 Å². The van der Waals surface area contributed by atoms with Crippen molar-refractivity contribution < 1.29 is 9.47 Å². The number of rotatable bonds is 10. The molecule has 1 heterocycles. The molecule has 0 fully saturated rings. The Morgan fingerprint density at radius 2 is 2.00 bits per heavy atom. The van der Waals surface area contributed by atoms with Crippen LogP contribution in [0.2, 0.25) is 0 Å². The van der Waals surface area contributed by atoms with E-state index in [0.29, 0.717) is 18.3 Å². The van der Waals surface area contributed by atoms with Crippen molar-refractivity contribution in [2.45, 2.75) is 26.9 Å². The molecule has 114 valence electrons. The van der Waals surface area contributed by atoms with Crippen molar-refractivity contribution in [1.82, 2.24) is 9.97 Å². The second-order valence-corrected chi connectivity index (χ2v) is 4.99. The summed E-state index contributed by atoms with van der Waals surface area (Å²) >= 11 is 0. The molecule has 0 radical (unpaired) electrons. The molecule has 0 amide bonds. The van der Waals surface area contributed by atoms with Crippen LogP contribution in [0.15, 0.2) is 6.07 Å². The van der Waals surface area contributed by atoms with E-state index in [1.54, 1.807) is 7.11 Å². The molecule has 1 aromatic heterocycles. The Morgan fingerprint density at radius 1 is 1.25 bits per heavy atom. The van der Waals surface area contributed by atoms with Crippen LogP contribution < -0.4 is 10.6 Å². The van der Waals surface area contributed by atoms with Gasteiger partial charge in [0.25, 0.3) is 0 Å². The molecule has 0 aliphatic carbocycles. The number of ether oxygens (including phenoxy) is 2. The molecular weight excluding hydrogens is 256 g/mol. The molecule has 6 heteroatoms. The van der Waals surface area contributed by atoms with Crippen molar-refractivity contribution in [1.29, 1.82) is 0 Å². The van der Waals surface area contributed by atoms with Crippen molar-refractivity contribution >= 4 is 11.6 Å². The number of nitrogens with zero attached hydrogens (tertiary/aromatic N) is 2. The Labute approximate surface area is 121 Å². The molecule has 0 atom stereocenters. The third-order valence-electron chi connectivity index (χ3n) is 2.52. The van der Waals surface area contributed by atoms with Crippen molar-refractivity contribution in [2.24, 2.45) is 5.92 Å². The molecule has 0 spiro atoms. The maximum Gasteiger partial charge on any atom is 0.158 e. The quantitative estimate of drug-likeness (QED) is 0.641. The van der Waals surface area contributed by atoms with Crippen LogP contribution in [0.5, 0.6) is 0 Å². The van der Waals surface area contributed by atoms with E-state index in [4.69, 9.17) is 9.47 Å². The van der Waals surface area contributed by atoms with Crippen LogP contribution in [-0.4, -0.2) is 43.9 Å². The monoisotopic (exact) mass is 282 g/mol. The van der Waals surface area contributed by atoms with E-state index in [9.17, 15) is 0 Å². The second-order valence-electron chi connectivity index (χ2n) is 4.99. The summed E-state index contributed by atoms with van der Waals surface area (Å²) in [6, 6.07) is 1.88. The van der Waals surface area contributed by atoms with Gasteiger partial charge >= 0.3 is 0 Å². The van der Waals surface area contributed by atoms with Gasteiger partial charge in [-0.3, -0.25) is 0 Å². The Morgan fingerprint density at radius 3 is 2.65 bits per heavy atom. The Hall–Kier alpha value is -1.40. The van der Waals surface area contributed by atoms with Gasteiger partial charge in [0, 0.05) is 40.0 Å². The zero-order valence-electron chi connectivity index (χ0n) is 12.9. The van der Waals surface area contributed by atoms with Crippen LogP contribution in [0.1, 0.15) is 26.1 Å². The lowest BCUT2D eigenvalue weighted by molar-refractivity contribution is 0.110. The maximum absolute atomic E-state index is 5.54. The highest BCUT2D eigenvalue weighted by Gasteiger charge is 2.03. The summed E-state index contributed by atoms with van der Waals surface area (Å²) in [6.07, 6.45) is 0.950. The first kappa shape index (κ1) is 16.7. The molecule has 0 unspecified atom stereocenters. The summed E-state index contributed by atoms with van der Waals surface area (Å²) in [5.74, 6) is 2.84. The van der Waals surface area contributed by atoms with Gasteiger partial charge in [0.1, 0.15) is 18.2 Å². The van der Waals surface area contributed by atoms with E-state index in [1.807, 2.05) is 13.1 Å². The number of hydrogen-bond donors (Lipinski definition) is 2. The first-order valence-corrected chi connectivity index (χ1v) is 7.02. The van der Waals surface area contributed by atoms with Gasteiger partial charge in [0.05, 0.1) is 0 Å². The first-order valence-electron chi connectivity index (χ1n) is 7.02. The molecule has 1 rings (SSSR count). The van der Waals surface area contributed by atoms with E-state index >= 15 is 0 Å². The standard InChI is InChI=1S/C14H26N4O2/c1-11(2)9-20-7-5-6-16-13-8-12(15-3)17-14(18-13)10-19-4/h8,11H,5-7,9-10H2,1-4H3,(H2,15,16,17,18). The number of nitrogens with one attached hydrogen (secondary N) is 2. The first-order chi connectivity index (χ1) is 9.65. The molecular formula is C14H26N4O2. The fourth-order valence-electron chi connectivity index (χ4n) is 1.62. The van der Waals surface area contributed by atoms with Crippen molar-refractivity contribution in [3.8, 4) is 0 Å². The highest BCUT2D eigenvalue weighted by Crippen LogP contribution is 2.11. The van der Waals surface area contributed by atoms with Crippen LogP contribution in [0, 0.1) is 5.92 Å². The van der Waals surface area contributed by atoms with Crippen LogP contribution in [0.3, 0.4) is 0 Å². The number of aromatic nitrogens is 2. The highest BCUT2D eigenvalue weighted by molar-refractivity contribution is 5.47. The third kappa shape index (κ3) is 6.68. The molecule has 1 aromatic rings.